The molecule has 1 aromatic carbocycles. The van der Waals surface area contributed by atoms with Crippen molar-refractivity contribution in [3.8, 4) is 5.75 Å². The molecule has 0 heterocycles. The van der Waals surface area contributed by atoms with Gasteiger partial charge in [-0.15, -0.1) is 0 Å². The first kappa shape index (κ1) is 16.0. The van der Waals surface area contributed by atoms with Crippen molar-refractivity contribution in [2.75, 3.05) is 40.0 Å². The van der Waals surface area contributed by atoms with Crippen LogP contribution in [0, 0.1) is 0 Å². The highest BCUT2D eigenvalue weighted by atomic mass is 16.5. The Bertz CT molecular complexity index is 357. The van der Waals surface area contributed by atoms with Gasteiger partial charge in [0, 0.05) is 25.3 Å². The molecular weight excluding hydrogens is 242 g/mol. The van der Waals surface area contributed by atoms with Crippen molar-refractivity contribution in [1.82, 2.24) is 4.90 Å². The quantitative estimate of drug-likeness (QED) is 0.696. The number of aliphatic hydroxyl groups excluding tert-OH is 1. The summed E-state index contributed by atoms with van der Waals surface area (Å²) in [5.41, 5.74) is 0.833. The predicted molar refractivity (Wildman–Crippen MR) is 76.6 cm³/mol. The smallest absolute Gasteiger partial charge is 0.124 e. The van der Waals surface area contributed by atoms with Gasteiger partial charge in [-0.05, 0) is 19.5 Å². The summed E-state index contributed by atoms with van der Waals surface area (Å²) >= 11 is 0. The molecule has 19 heavy (non-hydrogen) atoms. The fourth-order valence-corrected chi connectivity index (χ4v) is 2.00. The molecule has 1 rings (SSSR count). The van der Waals surface area contributed by atoms with E-state index in [-0.39, 0.29) is 0 Å². The molecule has 0 aliphatic carbocycles. The van der Waals surface area contributed by atoms with Crippen molar-refractivity contribution < 1.29 is 14.6 Å². The van der Waals surface area contributed by atoms with Crippen molar-refractivity contribution in [3.05, 3.63) is 29.8 Å². The van der Waals surface area contributed by atoms with Crippen LogP contribution in [-0.4, -0.2) is 50.0 Å². The van der Waals surface area contributed by atoms with Crippen LogP contribution in [0.25, 0.3) is 0 Å². The van der Waals surface area contributed by atoms with Crippen LogP contribution in [0.5, 0.6) is 5.75 Å². The minimum absolute atomic E-state index is 0.544. The van der Waals surface area contributed by atoms with E-state index >= 15 is 0 Å². The summed E-state index contributed by atoms with van der Waals surface area (Å²) in [4.78, 5) is 2.17. The van der Waals surface area contributed by atoms with E-state index in [0.29, 0.717) is 13.2 Å². The summed E-state index contributed by atoms with van der Waals surface area (Å²) in [7, 11) is 1.62. The lowest BCUT2D eigenvalue weighted by atomic mass is 10.1. The molecule has 0 aliphatic heterocycles. The van der Waals surface area contributed by atoms with Gasteiger partial charge in [0.2, 0.25) is 0 Å². The number of likely N-dealkylation sites (N-methyl/N-ethyl adjacent to an activating group) is 1. The molecular formula is C15H25NO3. The number of nitrogens with zero attached hydrogens (tertiary/aromatic N) is 1. The highest BCUT2D eigenvalue weighted by molar-refractivity contribution is 5.35. The zero-order valence-electron chi connectivity index (χ0n) is 12.1. The van der Waals surface area contributed by atoms with Gasteiger partial charge in [-0.2, -0.15) is 0 Å². The van der Waals surface area contributed by atoms with Crippen molar-refractivity contribution in [2.45, 2.75) is 20.0 Å². The summed E-state index contributed by atoms with van der Waals surface area (Å²) < 4.78 is 10.6. The van der Waals surface area contributed by atoms with Crippen LogP contribution < -0.4 is 4.74 Å². The van der Waals surface area contributed by atoms with Crippen molar-refractivity contribution in [2.24, 2.45) is 0 Å². The number of benzene rings is 1. The van der Waals surface area contributed by atoms with Crippen molar-refractivity contribution in [3.63, 3.8) is 0 Å². The molecule has 1 N–H and O–H groups in total. The first-order valence-corrected chi connectivity index (χ1v) is 6.84. The third-order valence-corrected chi connectivity index (χ3v) is 3.13. The molecule has 0 aliphatic rings. The normalized spacial score (nSPS) is 12.7. The maximum absolute atomic E-state index is 10.3. The van der Waals surface area contributed by atoms with Gasteiger partial charge in [-0.25, -0.2) is 0 Å². The van der Waals surface area contributed by atoms with Gasteiger partial charge >= 0.3 is 0 Å². The van der Waals surface area contributed by atoms with Gasteiger partial charge in [0.05, 0.1) is 19.8 Å². The Morgan fingerprint density at radius 1 is 1.26 bits per heavy atom. The van der Waals surface area contributed by atoms with Crippen LogP contribution in [0.15, 0.2) is 24.3 Å². The van der Waals surface area contributed by atoms with Crippen LogP contribution in [-0.2, 0) is 4.74 Å². The molecule has 0 aromatic heterocycles. The van der Waals surface area contributed by atoms with Crippen LogP contribution in [0.1, 0.15) is 25.5 Å². The van der Waals surface area contributed by atoms with Gasteiger partial charge in [0.15, 0.2) is 0 Å². The number of methoxy groups -OCH3 is 1. The minimum Gasteiger partial charge on any atom is -0.496 e. The second-order valence-electron chi connectivity index (χ2n) is 4.35. The molecule has 4 nitrogen and oxygen atoms in total. The average Bonchev–Trinajstić information content (AvgIpc) is 2.46. The second kappa shape index (κ2) is 8.91. The topological polar surface area (TPSA) is 41.9 Å². The van der Waals surface area contributed by atoms with Gasteiger partial charge < -0.3 is 14.6 Å². The Morgan fingerprint density at radius 2 is 2.00 bits per heavy atom. The molecule has 0 spiro atoms. The van der Waals surface area contributed by atoms with Crippen LogP contribution >= 0.6 is 0 Å². The largest absolute Gasteiger partial charge is 0.496 e. The molecule has 0 saturated heterocycles. The summed E-state index contributed by atoms with van der Waals surface area (Å²) in [6, 6.07) is 7.59. The molecule has 0 amide bonds. The number of rotatable bonds is 9. The summed E-state index contributed by atoms with van der Waals surface area (Å²) in [5.74, 6) is 0.732. The lowest BCUT2D eigenvalue weighted by Crippen LogP contribution is -2.31. The Kier molecular flexibility index (Phi) is 7.48. The molecule has 1 atom stereocenters. The van der Waals surface area contributed by atoms with Gasteiger partial charge in [-0.3, -0.25) is 4.90 Å². The van der Waals surface area contributed by atoms with E-state index in [2.05, 4.69) is 11.8 Å². The molecule has 1 unspecified atom stereocenters. The SMILES string of the molecule is CCOCCN(CC)CC(O)c1ccccc1OC. The average molecular weight is 267 g/mol. The maximum atomic E-state index is 10.3. The molecule has 0 radical (unpaired) electrons. The van der Waals surface area contributed by atoms with E-state index in [1.165, 1.54) is 0 Å². The fourth-order valence-electron chi connectivity index (χ4n) is 2.00. The molecule has 0 bridgehead atoms. The summed E-state index contributed by atoms with van der Waals surface area (Å²) in [6.45, 7) is 7.80. The van der Waals surface area contributed by atoms with E-state index in [4.69, 9.17) is 9.47 Å². The third kappa shape index (κ3) is 5.19. The minimum atomic E-state index is -0.544. The van der Waals surface area contributed by atoms with E-state index in [1.807, 2.05) is 31.2 Å². The fraction of sp³-hybridized carbons (Fsp3) is 0.600. The van der Waals surface area contributed by atoms with Crippen molar-refractivity contribution in [1.29, 1.82) is 0 Å². The van der Waals surface area contributed by atoms with Gasteiger partial charge in [-0.1, -0.05) is 25.1 Å². The Balaban J connectivity index is 2.58. The maximum Gasteiger partial charge on any atom is 0.124 e. The lowest BCUT2D eigenvalue weighted by Gasteiger charge is -2.24. The highest BCUT2D eigenvalue weighted by Gasteiger charge is 2.15. The zero-order valence-corrected chi connectivity index (χ0v) is 12.1. The first-order chi connectivity index (χ1) is 9.22. The standard InChI is InChI=1S/C15H25NO3/c1-4-16(10-11-19-5-2)12-14(17)13-8-6-7-9-15(13)18-3/h6-9,14,17H,4-5,10-12H2,1-3H3. The zero-order chi connectivity index (χ0) is 14.1. The third-order valence-electron chi connectivity index (χ3n) is 3.13. The van der Waals surface area contributed by atoms with Crippen LogP contribution in [0.2, 0.25) is 0 Å². The van der Waals surface area contributed by atoms with Crippen molar-refractivity contribution >= 4 is 0 Å². The van der Waals surface area contributed by atoms with E-state index in [9.17, 15) is 5.11 Å². The Labute approximate surface area is 115 Å². The lowest BCUT2D eigenvalue weighted by molar-refractivity contribution is 0.0782. The van der Waals surface area contributed by atoms with E-state index < -0.39 is 6.10 Å². The first-order valence-electron chi connectivity index (χ1n) is 6.84. The molecule has 4 heteroatoms. The number of para-hydroxylation sites is 1. The number of hydrogen-bond donors (Lipinski definition) is 1. The Morgan fingerprint density at radius 3 is 2.63 bits per heavy atom. The van der Waals surface area contributed by atoms with Gasteiger partial charge in [0.1, 0.15) is 5.75 Å². The number of aliphatic hydroxyl groups is 1. The summed E-state index contributed by atoms with van der Waals surface area (Å²) in [6.07, 6.45) is -0.544. The summed E-state index contributed by atoms with van der Waals surface area (Å²) in [5, 5.41) is 10.3. The van der Waals surface area contributed by atoms with E-state index in [1.54, 1.807) is 7.11 Å². The second-order valence-corrected chi connectivity index (χ2v) is 4.35. The molecule has 1 aromatic rings. The van der Waals surface area contributed by atoms with E-state index in [0.717, 1.165) is 31.0 Å². The number of hydrogen-bond acceptors (Lipinski definition) is 4. The highest BCUT2D eigenvalue weighted by Crippen LogP contribution is 2.25. The molecule has 0 saturated carbocycles. The molecule has 0 fully saturated rings. The predicted octanol–water partition coefficient (Wildman–Crippen LogP) is 2.09. The van der Waals surface area contributed by atoms with Crippen LogP contribution in [0.4, 0.5) is 0 Å². The Hall–Kier alpha value is -1.10. The number of ether oxygens (including phenoxy) is 2. The molecule has 108 valence electrons. The monoisotopic (exact) mass is 267 g/mol. The van der Waals surface area contributed by atoms with Crippen LogP contribution in [0.3, 0.4) is 0 Å². The van der Waals surface area contributed by atoms with Gasteiger partial charge in [0.25, 0.3) is 0 Å².